The lowest BCUT2D eigenvalue weighted by Gasteiger charge is -2.43. The maximum atomic E-state index is 2.87. The number of nitrogens with zero attached hydrogens (tertiary/aromatic N) is 3. The molecule has 3 aromatic heterocycles. The first-order valence-electron chi connectivity index (χ1n) is 31.5. The van der Waals surface area contributed by atoms with Gasteiger partial charge in [0, 0.05) is 49.2 Å². The van der Waals surface area contributed by atoms with E-state index >= 15 is 0 Å². The minimum absolute atomic E-state index is 0.0486. The van der Waals surface area contributed by atoms with Gasteiger partial charge < -0.3 is 13.7 Å². The smallest absolute Gasteiger partial charge is 0.253 e. The Balaban J connectivity index is 1.17. The molecular weight excluding hydrogens is 1030 g/mol. The Morgan fingerprint density at radius 3 is 1.44 bits per heavy atom. The summed E-state index contributed by atoms with van der Waals surface area (Å²) in [4.78, 5) is 0. The molecule has 1 spiro atoms. The van der Waals surface area contributed by atoms with Gasteiger partial charge in [0.1, 0.15) is 0 Å². The summed E-state index contributed by atoms with van der Waals surface area (Å²) in [6, 6.07) is 58.0. The highest BCUT2D eigenvalue weighted by Crippen LogP contribution is 2.49. The molecule has 3 nitrogen and oxygen atoms in total. The Kier molecular flexibility index (Phi) is 10.3. The van der Waals surface area contributed by atoms with Gasteiger partial charge in [0.25, 0.3) is 6.71 Å². The Bertz CT molecular complexity index is 4880. The molecule has 0 unspecified atom stereocenters. The standard InChI is InChI=1S/C79H80BN3Si/c1-42(2)45-33-54(43(3)4)71(55(34-45)44(5)6)82-61-26-22-20-24-53(61)68-63(82)41-58-50-23-19-21-25-60(50)81-62-31-32-64-75-69(62)80(70(68)74(58)81)59-37-48(78(13,14)15)35-56-57-36-49(79(16,17)18)40-67(73(57)83(75)72(56)59)84(64)65-38-46(76(7,8)9)27-29-51(65)52-30-28-47(39-66(52)84)77(10,11)12/h19-44H,1-18H3. The van der Waals surface area contributed by atoms with Crippen molar-refractivity contribution in [3.05, 3.63) is 178 Å². The second-order valence-corrected chi connectivity index (χ2v) is 34.8. The van der Waals surface area contributed by atoms with Crippen LogP contribution in [0, 0.1) is 0 Å². The fourth-order valence-electron chi connectivity index (χ4n) is 16.5. The topological polar surface area (TPSA) is 14.8 Å². The molecule has 0 aliphatic carbocycles. The van der Waals surface area contributed by atoms with Crippen LogP contribution in [-0.4, -0.2) is 28.5 Å². The summed E-state index contributed by atoms with van der Waals surface area (Å²) in [6.45, 7) is 43.4. The average molecular weight is 1110 g/mol. The van der Waals surface area contributed by atoms with Crippen LogP contribution >= 0.6 is 0 Å². The van der Waals surface area contributed by atoms with Crippen LogP contribution in [0.5, 0.6) is 0 Å². The first-order valence-corrected chi connectivity index (χ1v) is 33.5. The van der Waals surface area contributed by atoms with Crippen molar-refractivity contribution in [3.63, 3.8) is 0 Å². The molecule has 0 N–H and O–H groups in total. The van der Waals surface area contributed by atoms with Crippen LogP contribution in [0.25, 0.3) is 93.6 Å². The first-order chi connectivity index (χ1) is 39.7. The molecule has 84 heavy (non-hydrogen) atoms. The van der Waals surface area contributed by atoms with Gasteiger partial charge in [-0.2, -0.15) is 0 Å². The Labute approximate surface area is 498 Å². The van der Waals surface area contributed by atoms with Crippen molar-refractivity contribution in [2.75, 3.05) is 0 Å². The third-order valence-electron chi connectivity index (χ3n) is 20.9. The zero-order valence-electron chi connectivity index (χ0n) is 52.9. The molecule has 5 heteroatoms. The fraction of sp³-hybridized carbons (Fsp3) is 0.316. The van der Waals surface area contributed by atoms with E-state index in [1.54, 1.807) is 15.6 Å². The van der Waals surface area contributed by atoms with E-state index in [0.717, 1.165) is 0 Å². The van der Waals surface area contributed by atoms with E-state index in [1.807, 2.05) is 0 Å². The number of benzene rings is 9. The molecule has 9 aromatic carbocycles. The number of fused-ring (bicyclic) bond motifs is 18. The lowest BCUT2D eigenvalue weighted by atomic mass is 9.33. The minimum Gasteiger partial charge on any atom is -0.310 e. The average Bonchev–Trinajstić information content (AvgIpc) is 1.40. The maximum Gasteiger partial charge on any atom is 0.253 e. The summed E-state index contributed by atoms with van der Waals surface area (Å²) in [5.74, 6) is 1.04. The summed E-state index contributed by atoms with van der Waals surface area (Å²) in [7, 11) is -3.23. The summed E-state index contributed by atoms with van der Waals surface area (Å²) in [6.07, 6.45) is 0. The molecule has 16 rings (SSSR count). The van der Waals surface area contributed by atoms with E-state index in [-0.39, 0.29) is 28.4 Å². The Hall–Kier alpha value is -7.34. The third kappa shape index (κ3) is 6.50. The second-order valence-electron chi connectivity index (χ2n) is 31.1. The Morgan fingerprint density at radius 2 is 0.881 bits per heavy atom. The monoisotopic (exact) mass is 1110 g/mol. The molecule has 0 bridgehead atoms. The van der Waals surface area contributed by atoms with E-state index in [4.69, 9.17) is 0 Å². The number of aromatic nitrogens is 3. The van der Waals surface area contributed by atoms with Crippen molar-refractivity contribution in [3.8, 4) is 28.2 Å². The number of hydrogen-bond donors (Lipinski definition) is 0. The molecule has 0 radical (unpaired) electrons. The van der Waals surface area contributed by atoms with E-state index in [0.29, 0.717) is 17.8 Å². The minimum atomic E-state index is -3.23. The summed E-state index contributed by atoms with van der Waals surface area (Å²) in [5, 5.41) is 14.3. The quantitative estimate of drug-likeness (QED) is 0.156. The highest BCUT2D eigenvalue weighted by Gasteiger charge is 2.57. The van der Waals surface area contributed by atoms with Gasteiger partial charge in [-0.3, -0.25) is 0 Å². The maximum absolute atomic E-state index is 3.23. The summed E-state index contributed by atoms with van der Waals surface area (Å²) < 4.78 is 8.35. The highest BCUT2D eigenvalue weighted by molar-refractivity contribution is 7.24. The third-order valence-corrected chi connectivity index (χ3v) is 25.7. The van der Waals surface area contributed by atoms with Gasteiger partial charge in [-0.15, -0.1) is 0 Å². The van der Waals surface area contributed by atoms with Crippen molar-refractivity contribution >= 4 is 117 Å². The number of rotatable bonds is 4. The van der Waals surface area contributed by atoms with Crippen LogP contribution in [0.4, 0.5) is 0 Å². The van der Waals surface area contributed by atoms with Crippen molar-refractivity contribution in [2.45, 2.75) is 164 Å². The largest absolute Gasteiger partial charge is 0.310 e. The number of hydrogen-bond acceptors (Lipinski definition) is 0. The normalized spacial score (nSPS) is 14.9. The van der Waals surface area contributed by atoms with Gasteiger partial charge in [-0.25, -0.2) is 0 Å². The van der Waals surface area contributed by atoms with Gasteiger partial charge in [-0.1, -0.05) is 228 Å². The molecular formula is C79H80BN3Si. The molecule has 418 valence electrons. The van der Waals surface area contributed by atoms with Crippen LogP contribution in [-0.2, 0) is 21.7 Å². The van der Waals surface area contributed by atoms with Crippen molar-refractivity contribution in [1.82, 2.24) is 13.7 Å². The first kappa shape index (κ1) is 52.2. The van der Waals surface area contributed by atoms with E-state index in [2.05, 4.69) is 278 Å². The lowest BCUT2D eigenvalue weighted by Crippen LogP contribution is -2.77. The molecule has 0 saturated carbocycles. The van der Waals surface area contributed by atoms with Gasteiger partial charge in [-0.05, 0) is 163 Å². The van der Waals surface area contributed by atoms with Crippen molar-refractivity contribution in [2.24, 2.45) is 0 Å². The van der Waals surface area contributed by atoms with Crippen molar-refractivity contribution < 1.29 is 0 Å². The van der Waals surface area contributed by atoms with Gasteiger partial charge in [0.05, 0.1) is 33.3 Å². The van der Waals surface area contributed by atoms with Crippen LogP contribution in [0.15, 0.2) is 140 Å². The molecule has 7 heterocycles. The summed E-state index contributed by atoms with van der Waals surface area (Å²) >= 11 is 0. The van der Waals surface area contributed by atoms with Crippen molar-refractivity contribution in [1.29, 1.82) is 0 Å². The molecule has 0 atom stereocenters. The van der Waals surface area contributed by atoms with E-state index in [9.17, 15) is 0 Å². The van der Waals surface area contributed by atoms with Crippen LogP contribution in [0.3, 0.4) is 0 Å². The van der Waals surface area contributed by atoms with E-state index < -0.39 is 8.07 Å². The molecule has 0 fully saturated rings. The molecule has 4 aliphatic heterocycles. The number of para-hydroxylation sites is 2. The van der Waals surface area contributed by atoms with Gasteiger partial charge in [0.2, 0.25) is 0 Å². The molecule has 4 aliphatic rings. The highest BCUT2D eigenvalue weighted by atomic mass is 28.3. The zero-order valence-corrected chi connectivity index (χ0v) is 53.9. The van der Waals surface area contributed by atoms with Gasteiger partial charge in [0.15, 0.2) is 8.07 Å². The Morgan fingerprint density at radius 1 is 0.369 bits per heavy atom. The molecule has 12 aromatic rings. The second kappa shape index (κ2) is 16.5. The van der Waals surface area contributed by atoms with Gasteiger partial charge >= 0.3 is 0 Å². The van der Waals surface area contributed by atoms with Crippen LogP contribution in [0.2, 0.25) is 0 Å². The zero-order chi connectivity index (χ0) is 58.7. The summed E-state index contributed by atoms with van der Waals surface area (Å²) in [5.41, 5.74) is 28.9. The molecule has 0 saturated heterocycles. The predicted molar refractivity (Wildman–Crippen MR) is 367 cm³/mol. The van der Waals surface area contributed by atoms with Crippen LogP contribution < -0.4 is 37.1 Å². The fourth-order valence-corrected chi connectivity index (χ4v) is 22.2. The SMILES string of the molecule is CC(C)c1cc(C(C)C)c(-n2c3ccccc3c3c4c5c(cc32)c2ccccc2n5-c2ccc3c5c2B4c2cc(C(C)(C)C)cc4c6cc(C(C)(C)C)cc(c6n-5c24)[Si]32c3cc(C(C)(C)C)ccc3-c3ccc(C(C)(C)C)cc32)c(C(C)C)c1. The lowest BCUT2D eigenvalue weighted by molar-refractivity contribution is 0.590. The van der Waals surface area contributed by atoms with E-state index in [1.165, 1.54) is 154 Å². The predicted octanol–water partition coefficient (Wildman–Crippen LogP) is 16.4. The van der Waals surface area contributed by atoms with Crippen LogP contribution in [0.1, 0.15) is 181 Å². The molecule has 0 amide bonds.